The summed E-state index contributed by atoms with van der Waals surface area (Å²) in [4.78, 5) is 12.7. The summed E-state index contributed by atoms with van der Waals surface area (Å²) in [6.07, 6.45) is 0. The third-order valence-corrected chi connectivity index (χ3v) is 3.86. The molecule has 0 atom stereocenters. The van der Waals surface area contributed by atoms with Gasteiger partial charge in [-0.25, -0.2) is 0 Å². The molecule has 0 fully saturated rings. The highest BCUT2D eigenvalue weighted by Crippen LogP contribution is 2.32. The van der Waals surface area contributed by atoms with Crippen molar-refractivity contribution in [3.8, 4) is 5.75 Å². The minimum atomic E-state index is -0.201. The number of nitrogen functional groups attached to an aromatic ring is 1. The van der Waals surface area contributed by atoms with Crippen molar-refractivity contribution in [2.24, 2.45) is 0 Å². The summed E-state index contributed by atoms with van der Waals surface area (Å²) in [5.74, 6) is 0.328. The molecule has 0 amide bonds. The normalized spacial score (nSPS) is 10.5. The van der Waals surface area contributed by atoms with Gasteiger partial charge in [0.1, 0.15) is 5.75 Å². The zero-order chi connectivity index (χ0) is 15.7. The number of halogens is 2. The highest BCUT2D eigenvalue weighted by atomic mass is 35.5. The zero-order valence-electron chi connectivity index (χ0n) is 12.0. The molecule has 2 rings (SSSR count). The summed E-state index contributed by atoms with van der Waals surface area (Å²) in [6.45, 7) is 3.81. The molecule has 0 unspecified atom stereocenters. The van der Waals surface area contributed by atoms with Crippen LogP contribution in [0, 0.1) is 13.8 Å². The molecule has 0 aliphatic carbocycles. The van der Waals surface area contributed by atoms with Gasteiger partial charge in [-0.15, -0.1) is 0 Å². The first-order chi connectivity index (χ1) is 9.85. The summed E-state index contributed by atoms with van der Waals surface area (Å²) < 4.78 is 5.32. The van der Waals surface area contributed by atoms with Crippen molar-refractivity contribution in [3.05, 3.63) is 56.6 Å². The Bertz CT molecular complexity index is 703. The average molecular weight is 324 g/mol. The Labute approximate surface area is 133 Å². The Morgan fingerprint density at radius 1 is 1.10 bits per heavy atom. The summed E-state index contributed by atoms with van der Waals surface area (Å²) in [6, 6.07) is 6.78. The summed E-state index contributed by atoms with van der Waals surface area (Å²) in [5.41, 5.74) is 8.70. The van der Waals surface area contributed by atoms with Crippen molar-refractivity contribution in [2.45, 2.75) is 13.8 Å². The van der Waals surface area contributed by atoms with E-state index in [0.717, 1.165) is 11.1 Å². The van der Waals surface area contributed by atoms with Gasteiger partial charge in [0, 0.05) is 5.56 Å². The molecule has 110 valence electrons. The lowest BCUT2D eigenvalue weighted by atomic mass is 9.96. The van der Waals surface area contributed by atoms with Crippen molar-refractivity contribution in [2.75, 3.05) is 12.8 Å². The van der Waals surface area contributed by atoms with Crippen LogP contribution in [-0.4, -0.2) is 12.9 Å². The maximum Gasteiger partial charge on any atom is 0.197 e. The number of aryl methyl sites for hydroxylation is 2. The number of methoxy groups -OCH3 is 1. The van der Waals surface area contributed by atoms with Gasteiger partial charge in [0.05, 0.1) is 28.4 Å². The molecule has 2 N–H and O–H groups in total. The predicted molar refractivity (Wildman–Crippen MR) is 86.8 cm³/mol. The number of nitrogens with two attached hydrogens (primary N) is 1. The van der Waals surface area contributed by atoms with Crippen molar-refractivity contribution in [1.82, 2.24) is 0 Å². The predicted octanol–water partition coefficient (Wildman–Crippen LogP) is 4.43. The molecule has 0 saturated carbocycles. The van der Waals surface area contributed by atoms with E-state index in [4.69, 9.17) is 33.7 Å². The van der Waals surface area contributed by atoms with E-state index < -0.39 is 0 Å². The molecule has 0 aromatic heterocycles. The second kappa shape index (κ2) is 5.96. The average Bonchev–Trinajstić information content (AvgIpc) is 2.42. The fourth-order valence-electron chi connectivity index (χ4n) is 2.24. The molecule has 0 aliphatic rings. The minimum Gasteiger partial charge on any atom is -0.496 e. The molecule has 0 radical (unpaired) electrons. The van der Waals surface area contributed by atoms with Gasteiger partial charge in [0.15, 0.2) is 5.78 Å². The van der Waals surface area contributed by atoms with Gasteiger partial charge >= 0.3 is 0 Å². The quantitative estimate of drug-likeness (QED) is 0.671. The number of carbonyl (C=O) groups is 1. The largest absolute Gasteiger partial charge is 0.496 e. The molecule has 3 nitrogen and oxygen atoms in total. The number of carbonyl (C=O) groups excluding carboxylic acids is 1. The fourth-order valence-corrected chi connectivity index (χ4v) is 2.73. The SMILES string of the molecule is COc1cc(C)cc(C)c1C(=O)c1cc(Cl)c(N)c(Cl)c1. The van der Waals surface area contributed by atoms with Crippen molar-refractivity contribution >= 4 is 34.7 Å². The first-order valence-electron chi connectivity index (χ1n) is 6.29. The van der Waals surface area contributed by atoms with E-state index in [1.807, 2.05) is 26.0 Å². The van der Waals surface area contributed by atoms with Crippen molar-refractivity contribution < 1.29 is 9.53 Å². The van der Waals surface area contributed by atoms with E-state index >= 15 is 0 Å². The lowest BCUT2D eigenvalue weighted by Gasteiger charge is -2.13. The molecule has 2 aromatic carbocycles. The molecule has 21 heavy (non-hydrogen) atoms. The van der Waals surface area contributed by atoms with Crippen LogP contribution in [-0.2, 0) is 0 Å². The van der Waals surface area contributed by atoms with Gasteiger partial charge in [-0.05, 0) is 43.2 Å². The second-order valence-electron chi connectivity index (χ2n) is 4.84. The molecule has 0 saturated heterocycles. The van der Waals surface area contributed by atoms with Gasteiger partial charge < -0.3 is 10.5 Å². The van der Waals surface area contributed by atoms with E-state index in [9.17, 15) is 4.79 Å². The third-order valence-electron chi connectivity index (χ3n) is 3.23. The van der Waals surface area contributed by atoms with E-state index in [2.05, 4.69) is 0 Å². The summed E-state index contributed by atoms with van der Waals surface area (Å²) in [7, 11) is 1.54. The highest BCUT2D eigenvalue weighted by molar-refractivity contribution is 6.39. The highest BCUT2D eigenvalue weighted by Gasteiger charge is 2.19. The molecule has 2 aromatic rings. The van der Waals surface area contributed by atoms with Crippen molar-refractivity contribution in [3.63, 3.8) is 0 Å². The first kappa shape index (κ1) is 15.7. The number of ketones is 1. The van der Waals surface area contributed by atoms with Crippen LogP contribution in [0.3, 0.4) is 0 Å². The van der Waals surface area contributed by atoms with Crippen molar-refractivity contribution in [1.29, 1.82) is 0 Å². The molecular weight excluding hydrogens is 309 g/mol. The Hall–Kier alpha value is -1.71. The van der Waals surface area contributed by atoms with Crippen LogP contribution >= 0.6 is 23.2 Å². The summed E-state index contributed by atoms with van der Waals surface area (Å²) >= 11 is 12.0. The van der Waals surface area contributed by atoms with Crippen LogP contribution in [0.25, 0.3) is 0 Å². The monoisotopic (exact) mass is 323 g/mol. The minimum absolute atomic E-state index is 0.201. The van der Waals surface area contributed by atoms with Gasteiger partial charge in [0.25, 0.3) is 0 Å². The van der Waals surface area contributed by atoms with Gasteiger partial charge in [-0.2, -0.15) is 0 Å². The van der Waals surface area contributed by atoms with Crippen LogP contribution in [0.4, 0.5) is 5.69 Å². The number of ether oxygens (including phenoxy) is 1. The topological polar surface area (TPSA) is 52.3 Å². The number of anilines is 1. The molecule has 0 bridgehead atoms. The van der Waals surface area contributed by atoms with E-state index in [-0.39, 0.29) is 21.5 Å². The maximum atomic E-state index is 12.7. The number of rotatable bonds is 3. The lowest BCUT2D eigenvalue weighted by Crippen LogP contribution is -2.07. The van der Waals surface area contributed by atoms with Gasteiger partial charge in [0.2, 0.25) is 0 Å². The Morgan fingerprint density at radius 2 is 1.67 bits per heavy atom. The van der Waals surface area contributed by atoms with Crippen LogP contribution in [0.2, 0.25) is 10.0 Å². The smallest absolute Gasteiger partial charge is 0.197 e. The number of hydrogen-bond donors (Lipinski definition) is 1. The fraction of sp³-hybridized carbons (Fsp3) is 0.188. The standard InChI is InChI=1S/C16H15Cl2NO2/c1-8-4-9(2)14(13(5-8)21-3)16(20)10-6-11(17)15(19)12(18)7-10/h4-7H,19H2,1-3H3. The molecule has 0 spiro atoms. The van der Waals surface area contributed by atoms with E-state index in [1.165, 1.54) is 19.2 Å². The molecule has 0 aliphatic heterocycles. The second-order valence-corrected chi connectivity index (χ2v) is 5.66. The van der Waals surface area contributed by atoms with Gasteiger partial charge in [-0.3, -0.25) is 4.79 Å². The Kier molecular flexibility index (Phi) is 4.45. The van der Waals surface area contributed by atoms with Gasteiger partial charge in [-0.1, -0.05) is 29.3 Å². The number of benzene rings is 2. The molecule has 0 heterocycles. The first-order valence-corrected chi connectivity index (χ1v) is 7.05. The lowest BCUT2D eigenvalue weighted by molar-refractivity contribution is 0.103. The van der Waals surface area contributed by atoms with E-state index in [0.29, 0.717) is 16.9 Å². The third kappa shape index (κ3) is 2.99. The zero-order valence-corrected chi connectivity index (χ0v) is 13.5. The Balaban J connectivity index is 2.60. The van der Waals surface area contributed by atoms with Crippen LogP contribution < -0.4 is 10.5 Å². The van der Waals surface area contributed by atoms with Crippen LogP contribution in [0.1, 0.15) is 27.0 Å². The summed E-state index contributed by atoms with van der Waals surface area (Å²) in [5, 5.41) is 0.518. The molecule has 5 heteroatoms. The van der Waals surface area contributed by atoms with Crippen LogP contribution in [0.15, 0.2) is 24.3 Å². The van der Waals surface area contributed by atoms with Crippen LogP contribution in [0.5, 0.6) is 5.75 Å². The Morgan fingerprint density at radius 3 is 2.19 bits per heavy atom. The maximum absolute atomic E-state index is 12.7. The number of hydrogen-bond acceptors (Lipinski definition) is 3. The molecular formula is C16H15Cl2NO2. The van der Waals surface area contributed by atoms with E-state index in [1.54, 1.807) is 0 Å².